The van der Waals surface area contributed by atoms with Gasteiger partial charge in [0, 0.05) is 6.04 Å². The number of nitrogens with zero attached hydrogens (tertiary/aromatic N) is 1. The molecule has 4 heteroatoms. The summed E-state index contributed by atoms with van der Waals surface area (Å²) >= 11 is 5.68. The van der Waals surface area contributed by atoms with Crippen LogP contribution in [0.25, 0.3) is 0 Å². The molecule has 0 aromatic carbocycles. The molecule has 0 aliphatic rings. The molecule has 0 unspecified atom stereocenters. The molecule has 0 aliphatic heterocycles. The third-order valence-corrected chi connectivity index (χ3v) is 1.77. The van der Waals surface area contributed by atoms with E-state index in [4.69, 9.17) is 17.3 Å². The van der Waals surface area contributed by atoms with E-state index < -0.39 is 0 Å². The molecule has 1 aromatic heterocycles. The normalized spacial score (nSPS) is 11.9. The molecule has 1 aromatic rings. The van der Waals surface area contributed by atoms with Crippen LogP contribution in [0.15, 0.2) is 18.2 Å². The Bertz CT molecular complexity index is 240. The molecule has 1 rings (SSSR count). The van der Waals surface area contributed by atoms with Gasteiger partial charge in [0.1, 0.15) is 5.15 Å². The molecule has 0 fully saturated rings. The van der Waals surface area contributed by atoms with Gasteiger partial charge >= 0.3 is 0 Å². The van der Waals surface area contributed by atoms with E-state index in [1.54, 1.807) is 6.07 Å². The van der Waals surface area contributed by atoms with Gasteiger partial charge < -0.3 is 5.73 Å². The van der Waals surface area contributed by atoms with Crippen LogP contribution >= 0.6 is 24.0 Å². The number of hydrogen-bond acceptors (Lipinski definition) is 2. The van der Waals surface area contributed by atoms with Crippen LogP contribution in [0, 0.1) is 0 Å². The first-order valence-corrected chi connectivity index (χ1v) is 4.00. The lowest BCUT2D eigenvalue weighted by molar-refractivity contribution is 0.676. The fourth-order valence-corrected chi connectivity index (χ4v) is 1.01. The highest BCUT2D eigenvalue weighted by Crippen LogP contribution is 2.13. The van der Waals surface area contributed by atoms with E-state index in [2.05, 4.69) is 4.98 Å². The van der Waals surface area contributed by atoms with Crippen LogP contribution < -0.4 is 5.73 Å². The SMILES string of the molecule is CC[C@@H](N)c1cccc(Cl)n1.Cl. The van der Waals surface area contributed by atoms with Crippen LogP contribution in [0.4, 0.5) is 0 Å². The van der Waals surface area contributed by atoms with Gasteiger partial charge in [-0.15, -0.1) is 12.4 Å². The zero-order valence-electron chi connectivity index (χ0n) is 6.83. The zero-order chi connectivity index (χ0) is 8.27. The van der Waals surface area contributed by atoms with Crippen molar-refractivity contribution in [1.82, 2.24) is 4.98 Å². The number of hydrogen-bond donors (Lipinski definition) is 1. The third-order valence-electron chi connectivity index (χ3n) is 1.56. The molecule has 68 valence electrons. The maximum absolute atomic E-state index is 5.74. The van der Waals surface area contributed by atoms with Gasteiger partial charge in [0.05, 0.1) is 5.69 Å². The van der Waals surface area contributed by atoms with Gasteiger partial charge in [-0.05, 0) is 18.6 Å². The predicted molar refractivity (Wildman–Crippen MR) is 53.7 cm³/mol. The zero-order valence-corrected chi connectivity index (χ0v) is 8.40. The van der Waals surface area contributed by atoms with Gasteiger partial charge in [-0.2, -0.15) is 0 Å². The van der Waals surface area contributed by atoms with Gasteiger partial charge in [-0.3, -0.25) is 0 Å². The van der Waals surface area contributed by atoms with Crippen molar-refractivity contribution in [2.45, 2.75) is 19.4 Å². The van der Waals surface area contributed by atoms with Gasteiger partial charge in [-0.25, -0.2) is 4.98 Å². The lowest BCUT2D eigenvalue weighted by Gasteiger charge is -2.06. The minimum atomic E-state index is 0. The van der Waals surface area contributed by atoms with E-state index in [9.17, 15) is 0 Å². The molecule has 0 amide bonds. The Morgan fingerprint density at radius 3 is 2.75 bits per heavy atom. The van der Waals surface area contributed by atoms with Crippen LogP contribution in [0.3, 0.4) is 0 Å². The number of aromatic nitrogens is 1. The summed E-state index contributed by atoms with van der Waals surface area (Å²) in [6.45, 7) is 2.02. The lowest BCUT2D eigenvalue weighted by Crippen LogP contribution is -2.10. The lowest BCUT2D eigenvalue weighted by atomic mass is 10.1. The predicted octanol–water partition coefficient (Wildman–Crippen LogP) is 2.57. The topological polar surface area (TPSA) is 38.9 Å². The molecule has 0 spiro atoms. The van der Waals surface area contributed by atoms with Crippen molar-refractivity contribution in [3.05, 3.63) is 29.0 Å². The van der Waals surface area contributed by atoms with Gasteiger partial charge in [0.25, 0.3) is 0 Å². The molecule has 1 atom stereocenters. The quantitative estimate of drug-likeness (QED) is 0.757. The van der Waals surface area contributed by atoms with Crippen LogP contribution in [-0.4, -0.2) is 4.98 Å². The monoisotopic (exact) mass is 206 g/mol. The van der Waals surface area contributed by atoms with Crippen LogP contribution in [0.5, 0.6) is 0 Å². The van der Waals surface area contributed by atoms with Crippen molar-refractivity contribution in [3.63, 3.8) is 0 Å². The van der Waals surface area contributed by atoms with Crippen molar-refractivity contribution in [2.24, 2.45) is 5.73 Å². The van der Waals surface area contributed by atoms with Gasteiger partial charge in [0.15, 0.2) is 0 Å². The molecule has 12 heavy (non-hydrogen) atoms. The highest BCUT2D eigenvalue weighted by atomic mass is 35.5. The maximum atomic E-state index is 5.74. The summed E-state index contributed by atoms with van der Waals surface area (Å²) in [5.74, 6) is 0. The molecule has 0 saturated heterocycles. The first kappa shape index (κ1) is 11.7. The average molecular weight is 207 g/mol. The van der Waals surface area contributed by atoms with Crippen LogP contribution in [0.1, 0.15) is 25.1 Å². The summed E-state index contributed by atoms with van der Waals surface area (Å²) in [7, 11) is 0. The molecule has 2 N–H and O–H groups in total. The number of pyridine rings is 1. The fraction of sp³-hybridized carbons (Fsp3) is 0.375. The standard InChI is InChI=1S/C8H11ClN2.ClH/c1-2-6(10)7-4-3-5-8(9)11-7;/h3-6H,2,10H2,1H3;1H/t6-;/m1./s1. The van der Waals surface area contributed by atoms with Crippen molar-refractivity contribution in [3.8, 4) is 0 Å². The Kier molecular flexibility index (Phi) is 5.22. The summed E-state index contributed by atoms with van der Waals surface area (Å²) in [6.07, 6.45) is 0.882. The highest BCUT2D eigenvalue weighted by Gasteiger charge is 2.03. The molecule has 0 aliphatic carbocycles. The second-order valence-corrected chi connectivity index (χ2v) is 2.79. The number of nitrogens with two attached hydrogens (primary N) is 1. The minimum absolute atomic E-state index is 0. The number of rotatable bonds is 2. The largest absolute Gasteiger partial charge is 0.323 e. The Balaban J connectivity index is 0.00000121. The van der Waals surface area contributed by atoms with E-state index >= 15 is 0 Å². The average Bonchev–Trinajstić information content (AvgIpc) is 2.03. The fourth-order valence-electron chi connectivity index (χ4n) is 0.840. The molecule has 0 radical (unpaired) electrons. The van der Waals surface area contributed by atoms with Crippen molar-refractivity contribution in [2.75, 3.05) is 0 Å². The third kappa shape index (κ3) is 2.97. The van der Waals surface area contributed by atoms with E-state index in [-0.39, 0.29) is 18.4 Å². The Labute approximate surface area is 83.5 Å². The van der Waals surface area contributed by atoms with Crippen molar-refractivity contribution in [1.29, 1.82) is 0 Å². The first-order valence-electron chi connectivity index (χ1n) is 3.62. The molecular weight excluding hydrogens is 195 g/mol. The molecular formula is C8H12Cl2N2. The minimum Gasteiger partial charge on any atom is -0.323 e. The van der Waals surface area contributed by atoms with E-state index in [0.29, 0.717) is 5.15 Å². The summed E-state index contributed by atoms with van der Waals surface area (Å²) < 4.78 is 0. The summed E-state index contributed by atoms with van der Waals surface area (Å²) in [5.41, 5.74) is 6.60. The van der Waals surface area contributed by atoms with E-state index in [1.165, 1.54) is 0 Å². The smallest absolute Gasteiger partial charge is 0.129 e. The maximum Gasteiger partial charge on any atom is 0.129 e. The molecule has 1 heterocycles. The van der Waals surface area contributed by atoms with Crippen molar-refractivity contribution < 1.29 is 0 Å². The van der Waals surface area contributed by atoms with Crippen LogP contribution in [-0.2, 0) is 0 Å². The summed E-state index contributed by atoms with van der Waals surface area (Å²) in [4.78, 5) is 4.08. The molecule has 0 saturated carbocycles. The Hall–Kier alpha value is -0.310. The van der Waals surface area contributed by atoms with E-state index in [0.717, 1.165) is 12.1 Å². The first-order chi connectivity index (χ1) is 5.24. The Morgan fingerprint density at radius 2 is 2.25 bits per heavy atom. The molecule has 0 bridgehead atoms. The van der Waals surface area contributed by atoms with E-state index in [1.807, 2.05) is 19.1 Å². The van der Waals surface area contributed by atoms with Gasteiger partial charge in [0.2, 0.25) is 0 Å². The van der Waals surface area contributed by atoms with Crippen molar-refractivity contribution >= 4 is 24.0 Å². The molecule has 2 nitrogen and oxygen atoms in total. The van der Waals surface area contributed by atoms with Crippen LogP contribution in [0.2, 0.25) is 5.15 Å². The Morgan fingerprint density at radius 1 is 1.58 bits per heavy atom. The second kappa shape index (κ2) is 5.36. The summed E-state index contributed by atoms with van der Waals surface area (Å²) in [6, 6.07) is 5.50. The number of halogens is 2. The second-order valence-electron chi connectivity index (χ2n) is 2.40. The summed E-state index contributed by atoms with van der Waals surface area (Å²) in [5, 5.41) is 0.506. The van der Waals surface area contributed by atoms with Gasteiger partial charge in [-0.1, -0.05) is 24.6 Å². The highest BCUT2D eigenvalue weighted by molar-refractivity contribution is 6.29.